The Hall–Kier alpha value is -2.23. The highest BCUT2D eigenvalue weighted by Gasteiger charge is 2.19. The Kier molecular flexibility index (Phi) is 6.25. The normalized spacial score (nSPS) is 11.9. The van der Waals surface area contributed by atoms with Crippen molar-refractivity contribution in [3.63, 3.8) is 0 Å². The highest BCUT2D eigenvalue weighted by Crippen LogP contribution is 2.31. The molecule has 27 heavy (non-hydrogen) atoms. The van der Waals surface area contributed by atoms with Gasteiger partial charge in [-0.2, -0.15) is 0 Å². The van der Waals surface area contributed by atoms with E-state index < -0.39 is 16.9 Å². The molecule has 0 saturated heterocycles. The molecule has 0 aliphatic rings. The van der Waals surface area contributed by atoms with Gasteiger partial charge in [-0.05, 0) is 37.3 Å². The number of thioether (sulfide) groups is 1. The summed E-state index contributed by atoms with van der Waals surface area (Å²) in [7, 11) is 0. The Morgan fingerprint density at radius 2 is 1.93 bits per heavy atom. The molecule has 10 heteroatoms. The number of carbonyl (C=O) groups excluding carboxylic acids is 1. The van der Waals surface area contributed by atoms with Gasteiger partial charge in [0, 0.05) is 5.02 Å². The van der Waals surface area contributed by atoms with Gasteiger partial charge in [-0.1, -0.05) is 46.8 Å². The maximum absolute atomic E-state index is 13.8. The summed E-state index contributed by atoms with van der Waals surface area (Å²) in [4.78, 5) is 12.3. The van der Waals surface area contributed by atoms with Crippen molar-refractivity contribution in [2.75, 3.05) is 10.6 Å². The Bertz CT molecular complexity index is 970. The second-order valence-corrected chi connectivity index (χ2v) is 8.35. The zero-order valence-corrected chi connectivity index (χ0v) is 16.3. The number of hydrogen-bond acceptors (Lipinski definition) is 6. The van der Waals surface area contributed by atoms with Crippen LogP contribution in [0.4, 0.5) is 25.3 Å². The van der Waals surface area contributed by atoms with Crippen molar-refractivity contribution in [1.29, 1.82) is 0 Å². The van der Waals surface area contributed by atoms with Gasteiger partial charge in [0.05, 0.1) is 16.6 Å². The van der Waals surface area contributed by atoms with E-state index in [1.54, 1.807) is 25.1 Å². The van der Waals surface area contributed by atoms with Gasteiger partial charge >= 0.3 is 0 Å². The molecular weight excluding hydrogens is 414 g/mol. The quantitative estimate of drug-likeness (QED) is 0.521. The van der Waals surface area contributed by atoms with Gasteiger partial charge in [0.15, 0.2) is 4.34 Å². The van der Waals surface area contributed by atoms with Gasteiger partial charge in [-0.15, -0.1) is 10.2 Å². The average molecular weight is 427 g/mol. The Labute approximate surface area is 167 Å². The number of hydrogen-bond donors (Lipinski definition) is 2. The maximum atomic E-state index is 13.8. The van der Waals surface area contributed by atoms with Crippen molar-refractivity contribution in [3.05, 3.63) is 59.1 Å². The molecule has 3 aromatic rings. The topological polar surface area (TPSA) is 66.9 Å². The number of nitrogens with one attached hydrogen (secondary N) is 2. The van der Waals surface area contributed by atoms with Crippen molar-refractivity contribution in [1.82, 2.24) is 10.2 Å². The number of amides is 1. The standard InChI is InChI=1S/C17H13ClF2N4OS2/c1-9(15(25)21-14-7-6-10(18)8-12(14)20)26-17-24-23-16(27-17)22-13-5-3-2-4-11(13)19/h2-9H,1H3,(H,21,25)(H,22,23). The molecule has 0 aliphatic carbocycles. The summed E-state index contributed by atoms with van der Waals surface area (Å²) in [6, 6.07) is 10.2. The highest BCUT2D eigenvalue weighted by atomic mass is 35.5. The van der Waals surface area contributed by atoms with E-state index in [-0.39, 0.29) is 22.3 Å². The van der Waals surface area contributed by atoms with Crippen LogP contribution in [0.15, 0.2) is 46.8 Å². The zero-order valence-electron chi connectivity index (χ0n) is 13.9. The minimum absolute atomic E-state index is 0.0519. The van der Waals surface area contributed by atoms with Crippen LogP contribution >= 0.6 is 34.7 Å². The van der Waals surface area contributed by atoms with Gasteiger partial charge in [0.25, 0.3) is 0 Å². The van der Waals surface area contributed by atoms with Crippen LogP contribution < -0.4 is 10.6 Å². The summed E-state index contributed by atoms with van der Waals surface area (Å²) in [5.41, 5.74) is 0.338. The molecule has 0 spiro atoms. The number of benzene rings is 2. The molecule has 1 aromatic heterocycles. The first kappa shape index (κ1) is 19.5. The molecule has 140 valence electrons. The molecule has 3 rings (SSSR count). The lowest BCUT2D eigenvalue weighted by molar-refractivity contribution is -0.115. The van der Waals surface area contributed by atoms with Crippen molar-refractivity contribution in [2.24, 2.45) is 0 Å². The van der Waals surface area contributed by atoms with Crippen LogP contribution in [0.5, 0.6) is 0 Å². The minimum Gasteiger partial charge on any atom is -0.328 e. The van der Waals surface area contributed by atoms with Crippen molar-refractivity contribution >= 4 is 57.1 Å². The van der Waals surface area contributed by atoms with E-state index in [0.29, 0.717) is 9.47 Å². The van der Waals surface area contributed by atoms with Crippen molar-refractivity contribution in [2.45, 2.75) is 16.5 Å². The summed E-state index contributed by atoms with van der Waals surface area (Å²) < 4.78 is 28.0. The molecule has 0 bridgehead atoms. The number of aromatic nitrogens is 2. The molecule has 0 radical (unpaired) electrons. The van der Waals surface area contributed by atoms with E-state index in [0.717, 1.165) is 6.07 Å². The fourth-order valence-corrected chi connectivity index (χ4v) is 4.08. The van der Waals surface area contributed by atoms with Gasteiger partial charge in [-0.3, -0.25) is 4.79 Å². The number of carbonyl (C=O) groups is 1. The van der Waals surface area contributed by atoms with E-state index in [4.69, 9.17) is 11.6 Å². The van der Waals surface area contributed by atoms with E-state index in [1.165, 1.54) is 41.3 Å². The van der Waals surface area contributed by atoms with Crippen molar-refractivity contribution < 1.29 is 13.6 Å². The van der Waals surface area contributed by atoms with Crippen LogP contribution in [0.1, 0.15) is 6.92 Å². The lowest BCUT2D eigenvalue weighted by atomic mass is 10.3. The second-order valence-electron chi connectivity index (χ2n) is 5.35. The molecule has 0 fully saturated rings. The minimum atomic E-state index is -0.611. The number of para-hydroxylation sites is 1. The molecule has 2 aromatic carbocycles. The van der Waals surface area contributed by atoms with E-state index in [1.807, 2.05) is 0 Å². The highest BCUT2D eigenvalue weighted by molar-refractivity contribution is 8.02. The van der Waals surface area contributed by atoms with Gasteiger partial charge < -0.3 is 10.6 Å². The van der Waals surface area contributed by atoms with Crippen LogP contribution in [-0.4, -0.2) is 21.4 Å². The summed E-state index contributed by atoms with van der Waals surface area (Å²) in [6.07, 6.45) is 0. The van der Waals surface area contributed by atoms with Gasteiger partial charge in [0.1, 0.15) is 11.6 Å². The third-order valence-electron chi connectivity index (χ3n) is 3.36. The van der Waals surface area contributed by atoms with Crippen LogP contribution in [0, 0.1) is 11.6 Å². The lowest BCUT2D eigenvalue weighted by Crippen LogP contribution is -2.22. The van der Waals surface area contributed by atoms with Crippen LogP contribution in [-0.2, 0) is 4.79 Å². The molecule has 1 heterocycles. The molecule has 1 unspecified atom stereocenters. The smallest absolute Gasteiger partial charge is 0.237 e. The largest absolute Gasteiger partial charge is 0.328 e. The molecule has 0 saturated carbocycles. The first-order chi connectivity index (χ1) is 12.9. The second kappa shape index (κ2) is 8.64. The van der Waals surface area contributed by atoms with Crippen molar-refractivity contribution in [3.8, 4) is 0 Å². The van der Waals surface area contributed by atoms with Crippen LogP contribution in [0.3, 0.4) is 0 Å². The van der Waals surface area contributed by atoms with E-state index >= 15 is 0 Å². The summed E-state index contributed by atoms with van der Waals surface area (Å²) in [5, 5.41) is 13.4. The Morgan fingerprint density at radius 1 is 1.15 bits per heavy atom. The fourth-order valence-electron chi connectivity index (χ4n) is 2.02. The summed E-state index contributed by atoms with van der Waals surface area (Å²) in [5.74, 6) is -1.40. The molecule has 1 atom stereocenters. The van der Waals surface area contributed by atoms with Gasteiger partial charge in [0.2, 0.25) is 11.0 Å². The monoisotopic (exact) mass is 426 g/mol. The summed E-state index contributed by atoms with van der Waals surface area (Å²) >= 11 is 8.04. The molecule has 1 amide bonds. The third kappa shape index (κ3) is 5.15. The lowest BCUT2D eigenvalue weighted by Gasteiger charge is -2.11. The Balaban J connectivity index is 1.61. The number of rotatable bonds is 6. The summed E-state index contributed by atoms with van der Waals surface area (Å²) in [6.45, 7) is 1.67. The maximum Gasteiger partial charge on any atom is 0.237 e. The number of anilines is 3. The zero-order chi connectivity index (χ0) is 19.4. The van der Waals surface area contributed by atoms with Gasteiger partial charge in [-0.25, -0.2) is 8.78 Å². The SMILES string of the molecule is CC(Sc1nnc(Nc2ccccc2F)s1)C(=O)Nc1ccc(Cl)cc1F. The predicted molar refractivity (Wildman–Crippen MR) is 105 cm³/mol. The molecular formula is C17H13ClF2N4OS2. The number of halogens is 3. The predicted octanol–water partition coefficient (Wildman–Crippen LogP) is 5.33. The van der Waals surface area contributed by atoms with Crippen LogP contribution in [0.25, 0.3) is 0 Å². The number of nitrogens with zero attached hydrogens (tertiary/aromatic N) is 2. The van der Waals surface area contributed by atoms with Crippen LogP contribution in [0.2, 0.25) is 5.02 Å². The molecule has 0 aliphatic heterocycles. The molecule has 5 nitrogen and oxygen atoms in total. The first-order valence-corrected chi connectivity index (χ1v) is 9.77. The van der Waals surface area contributed by atoms with E-state index in [2.05, 4.69) is 20.8 Å². The Morgan fingerprint density at radius 3 is 2.67 bits per heavy atom. The molecule has 2 N–H and O–H groups in total. The third-order valence-corrected chi connectivity index (χ3v) is 5.62. The average Bonchev–Trinajstić information content (AvgIpc) is 3.06. The van der Waals surface area contributed by atoms with E-state index in [9.17, 15) is 13.6 Å². The first-order valence-electron chi connectivity index (χ1n) is 7.70. The fraction of sp³-hybridized carbons (Fsp3) is 0.118.